The lowest BCUT2D eigenvalue weighted by molar-refractivity contribution is -0.128. The van der Waals surface area contributed by atoms with Gasteiger partial charge >= 0.3 is 5.97 Å². The molecule has 2 amide bonds. The number of carboxylic acids is 1. The monoisotopic (exact) mass is 253 g/mol. The minimum atomic E-state index is -1.03. The normalized spacial score (nSPS) is 16.4. The van der Waals surface area contributed by atoms with Crippen LogP contribution in [0.2, 0.25) is 0 Å². The second kappa shape index (κ2) is 4.29. The third-order valence-electron chi connectivity index (χ3n) is 2.60. The van der Waals surface area contributed by atoms with E-state index in [-0.39, 0.29) is 16.7 Å². The van der Waals surface area contributed by atoms with Gasteiger partial charge in [0.25, 0.3) is 0 Å². The van der Waals surface area contributed by atoms with E-state index in [1.165, 1.54) is 0 Å². The molecule has 1 N–H and O–H groups in total. The average molecular weight is 253 g/mol. The second-order valence-corrected chi connectivity index (χ2v) is 4.91. The Kier molecular flexibility index (Phi) is 2.97. The van der Waals surface area contributed by atoms with Crippen molar-refractivity contribution in [2.75, 3.05) is 4.90 Å². The molecule has 6 heteroatoms. The van der Waals surface area contributed by atoms with E-state index in [0.29, 0.717) is 29.8 Å². The number of hydrogen-bond acceptors (Lipinski definition) is 4. The Morgan fingerprint density at radius 3 is 2.41 bits per heavy atom. The number of carbonyl (C=O) groups is 3. The van der Waals surface area contributed by atoms with Crippen molar-refractivity contribution in [1.82, 2.24) is 0 Å². The van der Waals surface area contributed by atoms with Gasteiger partial charge in [-0.1, -0.05) is 0 Å². The molecule has 1 aliphatic heterocycles. The molecule has 5 nitrogen and oxygen atoms in total. The number of thiophene rings is 1. The third kappa shape index (κ3) is 2.08. The van der Waals surface area contributed by atoms with Gasteiger partial charge in [-0.2, -0.15) is 0 Å². The molecule has 0 bridgehead atoms. The summed E-state index contributed by atoms with van der Waals surface area (Å²) in [6.45, 7) is 1.66. The van der Waals surface area contributed by atoms with Gasteiger partial charge in [0, 0.05) is 12.8 Å². The van der Waals surface area contributed by atoms with Crippen molar-refractivity contribution < 1.29 is 19.5 Å². The van der Waals surface area contributed by atoms with Gasteiger partial charge in [0.1, 0.15) is 9.88 Å². The first-order valence-electron chi connectivity index (χ1n) is 5.20. The number of aromatic carboxylic acids is 1. The Morgan fingerprint density at radius 1 is 1.35 bits per heavy atom. The van der Waals surface area contributed by atoms with Crippen LogP contribution < -0.4 is 4.90 Å². The van der Waals surface area contributed by atoms with Crippen LogP contribution in [-0.2, 0) is 9.59 Å². The predicted molar refractivity (Wildman–Crippen MR) is 62.4 cm³/mol. The second-order valence-electron chi connectivity index (χ2n) is 3.88. The van der Waals surface area contributed by atoms with Crippen LogP contribution >= 0.6 is 11.3 Å². The minimum absolute atomic E-state index is 0.172. The van der Waals surface area contributed by atoms with Crippen LogP contribution in [0.1, 0.15) is 34.5 Å². The molecular weight excluding hydrogens is 242 g/mol. The van der Waals surface area contributed by atoms with Gasteiger partial charge in [-0.05, 0) is 25.0 Å². The van der Waals surface area contributed by atoms with Gasteiger partial charge in [0.05, 0.1) is 0 Å². The number of rotatable bonds is 2. The lowest BCUT2D eigenvalue weighted by Crippen LogP contribution is -2.39. The largest absolute Gasteiger partial charge is 0.477 e. The highest BCUT2D eigenvalue weighted by Gasteiger charge is 2.29. The first-order chi connectivity index (χ1) is 8.00. The highest BCUT2D eigenvalue weighted by molar-refractivity contribution is 7.18. The van der Waals surface area contributed by atoms with E-state index in [1.807, 2.05) is 0 Å². The summed E-state index contributed by atoms with van der Waals surface area (Å²) in [6.07, 6.45) is 1.25. The number of hydrogen-bond donors (Lipinski definition) is 1. The van der Waals surface area contributed by atoms with Gasteiger partial charge in [0.2, 0.25) is 11.8 Å². The average Bonchev–Trinajstić information content (AvgIpc) is 2.60. The molecule has 1 aliphatic rings. The molecular formula is C11H11NO4S. The number of amides is 2. The van der Waals surface area contributed by atoms with Crippen LogP contribution in [0, 0.1) is 6.92 Å². The Bertz CT molecular complexity index is 490. The molecule has 1 aromatic rings. The smallest absolute Gasteiger partial charge is 0.346 e. The van der Waals surface area contributed by atoms with E-state index in [0.717, 1.165) is 16.2 Å². The number of aryl methyl sites for hydroxylation is 1. The summed E-state index contributed by atoms with van der Waals surface area (Å²) >= 11 is 0.966. The molecule has 0 radical (unpaired) electrons. The third-order valence-corrected chi connectivity index (χ3v) is 3.81. The maximum atomic E-state index is 11.7. The fourth-order valence-corrected chi connectivity index (χ4v) is 2.83. The predicted octanol–water partition coefficient (Wildman–Crippen LogP) is 1.80. The Hall–Kier alpha value is -1.69. The molecule has 1 fully saturated rings. The van der Waals surface area contributed by atoms with Crippen LogP contribution in [0.25, 0.3) is 0 Å². The summed E-state index contributed by atoms with van der Waals surface area (Å²) in [5, 5.41) is 9.34. The lowest BCUT2D eigenvalue weighted by Gasteiger charge is -2.22. The highest BCUT2D eigenvalue weighted by Crippen LogP contribution is 2.32. The molecule has 0 aliphatic carbocycles. The van der Waals surface area contributed by atoms with Crippen LogP contribution in [-0.4, -0.2) is 22.9 Å². The molecule has 2 rings (SSSR count). The first kappa shape index (κ1) is 11.8. The van der Waals surface area contributed by atoms with Gasteiger partial charge in [-0.15, -0.1) is 11.3 Å². The zero-order valence-corrected chi connectivity index (χ0v) is 10.0. The van der Waals surface area contributed by atoms with Crippen LogP contribution in [0.15, 0.2) is 6.07 Å². The number of piperidine rings is 1. The summed E-state index contributed by atoms with van der Waals surface area (Å²) in [5.41, 5.74) is 0.573. The van der Waals surface area contributed by atoms with Gasteiger partial charge in [0.15, 0.2) is 0 Å². The van der Waals surface area contributed by atoms with Crippen molar-refractivity contribution in [3.63, 3.8) is 0 Å². The fraction of sp³-hybridized carbons (Fsp3) is 0.364. The number of anilines is 1. The fourth-order valence-electron chi connectivity index (χ4n) is 1.79. The van der Waals surface area contributed by atoms with Gasteiger partial charge in [-0.25, -0.2) is 9.69 Å². The number of nitrogens with zero attached hydrogens (tertiary/aromatic N) is 1. The molecule has 90 valence electrons. The molecule has 0 aromatic carbocycles. The van der Waals surface area contributed by atoms with E-state index in [2.05, 4.69) is 0 Å². The van der Waals surface area contributed by atoms with Crippen molar-refractivity contribution in [2.24, 2.45) is 0 Å². The van der Waals surface area contributed by atoms with Crippen molar-refractivity contribution in [3.05, 3.63) is 16.5 Å². The van der Waals surface area contributed by atoms with Crippen molar-refractivity contribution >= 4 is 34.1 Å². The summed E-state index contributed by atoms with van der Waals surface area (Å²) < 4.78 is 0. The zero-order valence-electron chi connectivity index (χ0n) is 9.23. The summed E-state index contributed by atoms with van der Waals surface area (Å²) in [5.74, 6) is -1.53. The van der Waals surface area contributed by atoms with Crippen LogP contribution in [0.5, 0.6) is 0 Å². The zero-order chi connectivity index (χ0) is 12.6. The number of carbonyl (C=O) groups excluding carboxylic acids is 2. The van der Waals surface area contributed by atoms with E-state index in [4.69, 9.17) is 5.11 Å². The number of carboxylic acid groups (broad SMARTS) is 1. The minimum Gasteiger partial charge on any atom is -0.477 e. The van der Waals surface area contributed by atoms with Crippen molar-refractivity contribution in [3.8, 4) is 0 Å². The molecule has 1 aromatic heterocycles. The summed E-state index contributed by atoms with van der Waals surface area (Å²) in [4.78, 5) is 35.5. The van der Waals surface area contributed by atoms with E-state index in [9.17, 15) is 14.4 Å². The first-order valence-corrected chi connectivity index (χ1v) is 6.02. The SMILES string of the molecule is Cc1cc(N2C(=O)CCCC2=O)sc1C(=O)O. The molecule has 0 spiro atoms. The topological polar surface area (TPSA) is 74.7 Å². The highest BCUT2D eigenvalue weighted by atomic mass is 32.1. The molecule has 17 heavy (non-hydrogen) atoms. The Labute approximate surface area is 102 Å². The molecule has 0 saturated carbocycles. The molecule has 0 unspecified atom stereocenters. The standard InChI is InChI=1S/C11H11NO4S/c1-6-5-9(17-10(6)11(15)16)12-7(13)3-2-4-8(12)14/h5H,2-4H2,1H3,(H,15,16). The maximum absolute atomic E-state index is 11.7. The van der Waals surface area contributed by atoms with Gasteiger partial charge in [-0.3, -0.25) is 9.59 Å². The summed E-state index contributed by atoms with van der Waals surface area (Å²) in [7, 11) is 0. The summed E-state index contributed by atoms with van der Waals surface area (Å²) in [6, 6.07) is 1.58. The Balaban J connectivity index is 2.39. The van der Waals surface area contributed by atoms with Crippen LogP contribution in [0.3, 0.4) is 0 Å². The maximum Gasteiger partial charge on any atom is 0.346 e. The van der Waals surface area contributed by atoms with Crippen molar-refractivity contribution in [1.29, 1.82) is 0 Å². The van der Waals surface area contributed by atoms with Crippen LogP contribution in [0.4, 0.5) is 5.00 Å². The molecule has 1 saturated heterocycles. The van der Waals surface area contributed by atoms with E-state index < -0.39 is 5.97 Å². The van der Waals surface area contributed by atoms with Gasteiger partial charge < -0.3 is 5.11 Å². The molecule has 2 heterocycles. The number of imide groups is 1. The van der Waals surface area contributed by atoms with E-state index >= 15 is 0 Å². The van der Waals surface area contributed by atoms with Crippen molar-refractivity contribution in [2.45, 2.75) is 26.2 Å². The Morgan fingerprint density at radius 2 is 1.94 bits per heavy atom. The quantitative estimate of drug-likeness (QED) is 0.815. The lowest BCUT2D eigenvalue weighted by atomic mass is 10.1. The molecule has 0 atom stereocenters. The van der Waals surface area contributed by atoms with E-state index in [1.54, 1.807) is 13.0 Å².